The first-order valence-corrected chi connectivity index (χ1v) is 10.8. The van der Waals surface area contributed by atoms with Gasteiger partial charge in [0.25, 0.3) is 0 Å². The van der Waals surface area contributed by atoms with Crippen LogP contribution in [0.2, 0.25) is 0 Å². The zero-order chi connectivity index (χ0) is 21.1. The normalized spacial score (nSPS) is 29.8. The van der Waals surface area contributed by atoms with Crippen molar-refractivity contribution < 1.29 is 24.2 Å². The van der Waals surface area contributed by atoms with Crippen LogP contribution < -0.4 is 4.90 Å². The van der Waals surface area contributed by atoms with Gasteiger partial charge in [-0.2, -0.15) is 0 Å². The van der Waals surface area contributed by atoms with Crippen LogP contribution in [0.1, 0.15) is 43.1 Å². The molecule has 9 nitrogen and oxygen atoms in total. The lowest BCUT2D eigenvalue weighted by molar-refractivity contribution is -0.164. The maximum atomic E-state index is 13.2. The number of aromatic nitrogens is 2. The second kappa shape index (κ2) is 8.85. The molecule has 1 aromatic heterocycles. The number of hydrogen-bond acceptors (Lipinski definition) is 8. The molecule has 1 aromatic rings. The van der Waals surface area contributed by atoms with E-state index in [2.05, 4.69) is 14.9 Å². The van der Waals surface area contributed by atoms with E-state index in [4.69, 9.17) is 9.47 Å². The van der Waals surface area contributed by atoms with Crippen LogP contribution in [0.5, 0.6) is 0 Å². The highest BCUT2D eigenvalue weighted by atomic mass is 16.5. The van der Waals surface area contributed by atoms with E-state index >= 15 is 0 Å². The van der Waals surface area contributed by atoms with E-state index < -0.39 is 11.4 Å². The van der Waals surface area contributed by atoms with Crippen molar-refractivity contribution in [2.45, 2.75) is 38.6 Å². The van der Waals surface area contributed by atoms with Gasteiger partial charge >= 0.3 is 11.9 Å². The number of rotatable bonds is 5. The molecule has 3 heterocycles. The van der Waals surface area contributed by atoms with E-state index in [-0.39, 0.29) is 17.6 Å². The third-order valence-electron chi connectivity index (χ3n) is 6.89. The molecule has 1 saturated carbocycles. The summed E-state index contributed by atoms with van der Waals surface area (Å²) in [6.45, 7) is 6.86. The van der Waals surface area contributed by atoms with Gasteiger partial charge in [0.1, 0.15) is 5.82 Å². The molecule has 3 aliphatic rings. The third-order valence-corrected chi connectivity index (χ3v) is 6.89. The first-order valence-electron chi connectivity index (χ1n) is 10.8. The summed E-state index contributed by atoms with van der Waals surface area (Å²) in [5.74, 6) is -0.495. The molecule has 1 N–H and O–H groups in total. The Morgan fingerprint density at radius 2 is 2.07 bits per heavy atom. The molecule has 1 aliphatic carbocycles. The summed E-state index contributed by atoms with van der Waals surface area (Å²) in [6, 6.07) is 0.475. The van der Waals surface area contributed by atoms with Crippen LogP contribution in [0.3, 0.4) is 0 Å². The van der Waals surface area contributed by atoms with Crippen molar-refractivity contribution >= 4 is 17.8 Å². The highest BCUT2D eigenvalue weighted by Gasteiger charge is 2.54. The summed E-state index contributed by atoms with van der Waals surface area (Å²) in [5.41, 5.74) is -0.673. The molecule has 0 amide bonds. The maximum Gasteiger partial charge on any atom is 0.356 e. The van der Waals surface area contributed by atoms with Crippen LogP contribution in [0, 0.1) is 11.3 Å². The van der Waals surface area contributed by atoms with Gasteiger partial charge in [-0.1, -0.05) is 0 Å². The number of carboxylic acids is 1. The van der Waals surface area contributed by atoms with Gasteiger partial charge in [0.2, 0.25) is 0 Å². The third kappa shape index (κ3) is 4.00. The first-order chi connectivity index (χ1) is 14.5. The molecule has 4 rings (SSSR count). The molecular formula is C21H30N4O5. The highest BCUT2D eigenvalue weighted by molar-refractivity contribution is 5.85. The van der Waals surface area contributed by atoms with Crippen molar-refractivity contribution in [3.63, 3.8) is 0 Å². The van der Waals surface area contributed by atoms with Gasteiger partial charge in [-0.25, -0.2) is 9.78 Å². The fourth-order valence-electron chi connectivity index (χ4n) is 5.32. The molecule has 0 aromatic carbocycles. The lowest BCUT2D eigenvalue weighted by Crippen LogP contribution is -2.59. The lowest BCUT2D eigenvalue weighted by atomic mass is 9.61. The van der Waals surface area contributed by atoms with Crippen molar-refractivity contribution in [3.05, 3.63) is 18.1 Å². The van der Waals surface area contributed by atoms with Gasteiger partial charge in [-0.15, -0.1) is 0 Å². The Balaban J connectivity index is 1.56. The molecular weight excluding hydrogens is 388 g/mol. The Hall–Kier alpha value is -2.26. The molecule has 164 valence electrons. The van der Waals surface area contributed by atoms with E-state index in [9.17, 15) is 14.7 Å². The Morgan fingerprint density at radius 3 is 2.80 bits per heavy atom. The zero-order valence-electron chi connectivity index (χ0n) is 17.5. The standard InChI is InChI=1S/C21H30N4O5/c1-2-30-20(28)21-5-3-16(24-7-9-29-10-8-24)11-15(21)4-6-25(14-21)18-13-22-12-17(23-18)19(26)27/h12-13,15-16H,2-11,14H2,1H3,(H,26,27)/t15-,16-,21-/m1/s1. The van der Waals surface area contributed by atoms with Crippen molar-refractivity contribution in [1.29, 1.82) is 0 Å². The van der Waals surface area contributed by atoms with Gasteiger partial charge in [-0.3, -0.25) is 14.7 Å². The van der Waals surface area contributed by atoms with Crippen LogP contribution in [0.25, 0.3) is 0 Å². The highest BCUT2D eigenvalue weighted by Crippen LogP contribution is 2.49. The number of carbonyl (C=O) groups is 2. The van der Waals surface area contributed by atoms with Crippen LogP contribution in [-0.4, -0.2) is 84.0 Å². The Morgan fingerprint density at radius 1 is 1.27 bits per heavy atom. The van der Waals surface area contributed by atoms with Crippen LogP contribution in [0.4, 0.5) is 5.82 Å². The first kappa shape index (κ1) is 21.0. The van der Waals surface area contributed by atoms with E-state index in [0.29, 0.717) is 25.0 Å². The molecule has 0 bridgehead atoms. The summed E-state index contributed by atoms with van der Waals surface area (Å²) in [7, 11) is 0. The Kier molecular flexibility index (Phi) is 6.19. The van der Waals surface area contributed by atoms with Gasteiger partial charge in [0.15, 0.2) is 5.69 Å². The maximum absolute atomic E-state index is 13.2. The quantitative estimate of drug-likeness (QED) is 0.711. The van der Waals surface area contributed by atoms with Crippen LogP contribution >= 0.6 is 0 Å². The average Bonchev–Trinajstić information content (AvgIpc) is 2.79. The smallest absolute Gasteiger partial charge is 0.356 e. The Bertz CT molecular complexity index is 784. The van der Waals surface area contributed by atoms with Crippen LogP contribution in [-0.2, 0) is 14.3 Å². The van der Waals surface area contributed by atoms with Gasteiger partial charge < -0.3 is 19.5 Å². The molecule has 3 atom stereocenters. The van der Waals surface area contributed by atoms with Crippen molar-refractivity contribution in [1.82, 2.24) is 14.9 Å². The zero-order valence-corrected chi connectivity index (χ0v) is 17.5. The van der Waals surface area contributed by atoms with E-state index in [1.165, 1.54) is 6.20 Å². The van der Waals surface area contributed by atoms with Gasteiger partial charge in [0.05, 0.1) is 37.6 Å². The molecule has 9 heteroatoms. The number of esters is 1. The lowest BCUT2D eigenvalue weighted by Gasteiger charge is -2.52. The molecule has 0 spiro atoms. The molecule has 2 saturated heterocycles. The average molecular weight is 418 g/mol. The predicted octanol–water partition coefficient (Wildman–Crippen LogP) is 1.44. The monoisotopic (exact) mass is 418 g/mol. The van der Waals surface area contributed by atoms with Gasteiger partial charge in [-0.05, 0) is 38.5 Å². The largest absolute Gasteiger partial charge is 0.476 e. The molecule has 2 aliphatic heterocycles. The van der Waals surface area contributed by atoms with Crippen molar-refractivity contribution in [2.24, 2.45) is 11.3 Å². The van der Waals surface area contributed by atoms with Crippen molar-refractivity contribution in [2.75, 3.05) is 50.9 Å². The molecule has 0 radical (unpaired) electrons. The molecule has 3 fully saturated rings. The predicted molar refractivity (Wildman–Crippen MR) is 108 cm³/mol. The van der Waals surface area contributed by atoms with Gasteiger partial charge in [0, 0.05) is 32.2 Å². The number of hydrogen-bond donors (Lipinski definition) is 1. The number of anilines is 1. The molecule has 30 heavy (non-hydrogen) atoms. The second-order valence-corrected chi connectivity index (χ2v) is 8.43. The second-order valence-electron chi connectivity index (χ2n) is 8.43. The van der Waals surface area contributed by atoms with Crippen molar-refractivity contribution in [3.8, 4) is 0 Å². The summed E-state index contributed by atoms with van der Waals surface area (Å²) >= 11 is 0. The fourth-order valence-corrected chi connectivity index (χ4v) is 5.32. The summed E-state index contributed by atoms with van der Waals surface area (Å²) in [6.07, 6.45) is 6.36. The number of nitrogens with zero attached hydrogens (tertiary/aromatic N) is 4. The summed E-state index contributed by atoms with van der Waals surface area (Å²) < 4.78 is 11.0. The topological polar surface area (TPSA) is 105 Å². The number of aromatic carboxylic acids is 1. The summed E-state index contributed by atoms with van der Waals surface area (Å²) in [5, 5.41) is 9.25. The minimum absolute atomic E-state index is 0.0872. The van der Waals surface area contributed by atoms with Crippen LogP contribution in [0.15, 0.2) is 12.4 Å². The number of piperidine rings is 1. The van der Waals surface area contributed by atoms with E-state index in [0.717, 1.165) is 58.5 Å². The SMILES string of the molecule is CCOC(=O)[C@@]12CC[C@@H](N3CCOCC3)C[C@H]1CCN(c1cncc(C(=O)O)n1)C2. The minimum Gasteiger partial charge on any atom is -0.476 e. The number of morpholine rings is 1. The summed E-state index contributed by atoms with van der Waals surface area (Å²) in [4.78, 5) is 37.3. The minimum atomic E-state index is -1.11. The number of ether oxygens (including phenoxy) is 2. The number of carbonyl (C=O) groups excluding carboxylic acids is 1. The van der Waals surface area contributed by atoms with E-state index in [1.54, 1.807) is 6.20 Å². The number of fused-ring (bicyclic) bond motifs is 1. The Labute approximate surface area is 176 Å². The molecule has 0 unspecified atom stereocenters. The fraction of sp³-hybridized carbons (Fsp3) is 0.714. The van der Waals surface area contributed by atoms with E-state index in [1.807, 2.05) is 11.8 Å². The number of carboxylic acid groups (broad SMARTS) is 1.